The standard InChI is InChI=1S/C18H18N4O/c1-12-7-9-13(10-8-12)11-22(2)17(23)16-14-5-3-4-6-15(14)20-18(19)21-16/h3-10H,11H2,1-2H3,(H2,19,20,21). The number of benzene rings is 2. The molecule has 0 aliphatic carbocycles. The molecule has 5 heteroatoms. The van der Waals surface area contributed by atoms with Gasteiger partial charge in [-0.1, -0.05) is 48.0 Å². The summed E-state index contributed by atoms with van der Waals surface area (Å²) in [6.45, 7) is 2.55. The van der Waals surface area contributed by atoms with E-state index in [9.17, 15) is 4.79 Å². The van der Waals surface area contributed by atoms with Crippen molar-refractivity contribution in [1.29, 1.82) is 0 Å². The first-order valence-corrected chi connectivity index (χ1v) is 7.38. The molecule has 3 rings (SSSR count). The molecule has 1 amide bonds. The fourth-order valence-corrected chi connectivity index (χ4v) is 2.48. The third-order valence-corrected chi connectivity index (χ3v) is 3.71. The lowest BCUT2D eigenvalue weighted by molar-refractivity contribution is 0.0781. The Labute approximate surface area is 134 Å². The van der Waals surface area contributed by atoms with Crippen molar-refractivity contribution in [2.45, 2.75) is 13.5 Å². The first-order chi connectivity index (χ1) is 11.0. The first kappa shape index (κ1) is 15.0. The van der Waals surface area contributed by atoms with Crippen LogP contribution in [0.25, 0.3) is 10.9 Å². The van der Waals surface area contributed by atoms with Crippen molar-refractivity contribution in [3.8, 4) is 0 Å². The highest BCUT2D eigenvalue weighted by molar-refractivity contribution is 6.04. The van der Waals surface area contributed by atoms with E-state index in [1.165, 1.54) is 5.56 Å². The van der Waals surface area contributed by atoms with Gasteiger partial charge in [0.25, 0.3) is 5.91 Å². The van der Waals surface area contributed by atoms with Gasteiger partial charge in [-0.15, -0.1) is 0 Å². The molecule has 0 bridgehead atoms. The van der Waals surface area contributed by atoms with Crippen LogP contribution in [0.3, 0.4) is 0 Å². The van der Waals surface area contributed by atoms with Crippen molar-refractivity contribution in [3.05, 3.63) is 65.4 Å². The van der Waals surface area contributed by atoms with Gasteiger partial charge in [-0.05, 0) is 18.6 Å². The number of rotatable bonds is 3. The highest BCUT2D eigenvalue weighted by atomic mass is 16.2. The monoisotopic (exact) mass is 306 g/mol. The number of aryl methyl sites for hydroxylation is 1. The summed E-state index contributed by atoms with van der Waals surface area (Å²) in [5.74, 6) is -0.0633. The Hall–Kier alpha value is -2.95. The molecule has 2 aromatic carbocycles. The largest absolute Gasteiger partial charge is 0.368 e. The Morgan fingerprint density at radius 2 is 1.78 bits per heavy atom. The molecule has 0 unspecified atom stereocenters. The van der Waals surface area contributed by atoms with Gasteiger partial charge in [0.15, 0.2) is 0 Å². The minimum absolute atomic E-state index is 0.107. The number of amides is 1. The van der Waals surface area contributed by atoms with Gasteiger partial charge in [0.1, 0.15) is 5.69 Å². The fraction of sp³-hybridized carbons (Fsp3) is 0.167. The molecule has 23 heavy (non-hydrogen) atoms. The summed E-state index contributed by atoms with van der Waals surface area (Å²) in [5.41, 5.74) is 9.01. The van der Waals surface area contributed by atoms with Crippen LogP contribution in [-0.2, 0) is 6.54 Å². The second-order valence-corrected chi connectivity index (χ2v) is 5.59. The Bertz CT molecular complexity index is 859. The van der Waals surface area contributed by atoms with Gasteiger partial charge in [0.05, 0.1) is 5.52 Å². The Kier molecular flexibility index (Phi) is 3.93. The summed E-state index contributed by atoms with van der Waals surface area (Å²) in [6, 6.07) is 15.5. The first-order valence-electron chi connectivity index (χ1n) is 7.38. The number of anilines is 1. The maximum atomic E-state index is 12.8. The third-order valence-electron chi connectivity index (χ3n) is 3.71. The molecule has 0 spiro atoms. The molecule has 1 heterocycles. The van der Waals surface area contributed by atoms with Gasteiger partial charge < -0.3 is 10.6 Å². The van der Waals surface area contributed by atoms with Crippen LogP contribution >= 0.6 is 0 Å². The molecule has 5 nitrogen and oxygen atoms in total. The topological polar surface area (TPSA) is 72.1 Å². The number of carbonyl (C=O) groups is 1. The summed E-state index contributed by atoms with van der Waals surface area (Å²) in [4.78, 5) is 22.7. The van der Waals surface area contributed by atoms with E-state index in [-0.39, 0.29) is 11.9 Å². The van der Waals surface area contributed by atoms with E-state index >= 15 is 0 Å². The number of hydrogen-bond donors (Lipinski definition) is 1. The zero-order valence-corrected chi connectivity index (χ0v) is 13.2. The van der Waals surface area contributed by atoms with E-state index in [0.717, 1.165) is 5.56 Å². The normalized spacial score (nSPS) is 10.7. The lowest BCUT2D eigenvalue weighted by Gasteiger charge is -2.18. The van der Waals surface area contributed by atoms with Crippen LogP contribution in [0.4, 0.5) is 5.95 Å². The minimum atomic E-state index is -0.170. The van der Waals surface area contributed by atoms with Gasteiger partial charge in [-0.3, -0.25) is 4.79 Å². The summed E-state index contributed by atoms with van der Waals surface area (Å²) in [6.07, 6.45) is 0. The van der Waals surface area contributed by atoms with Crippen molar-refractivity contribution in [2.24, 2.45) is 0 Å². The van der Waals surface area contributed by atoms with Crippen molar-refractivity contribution >= 4 is 22.8 Å². The van der Waals surface area contributed by atoms with E-state index in [1.807, 2.05) is 55.5 Å². The maximum absolute atomic E-state index is 12.8. The molecular weight excluding hydrogens is 288 g/mol. The van der Waals surface area contributed by atoms with Gasteiger partial charge in [0.2, 0.25) is 5.95 Å². The van der Waals surface area contributed by atoms with E-state index < -0.39 is 0 Å². The minimum Gasteiger partial charge on any atom is -0.368 e. The summed E-state index contributed by atoms with van der Waals surface area (Å²) in [5, 5.41) is 0.711. The average Bonchev–Trinajstić information content (AvgIpc) is 2.55. The van der Waals surface area contributed by atoms with Gasteiger partial charge in [-0.25, -0.2) is 9.97 Å². The van der Waals surface area contributed by atoms with Crippen LogP contribution in [0.1, 0.15) is 21.6 Å². The third kappa shape index (κ3) is 3.13. The van der Waals surface area contributed by atoms with Crippen molar-refractivity contribution in [3.63, 3.8) is 0 Å². The fourth-order valence-electron chi connectivity index (χ4n) is 2.48. The molecule has 2 N–H and O–H groups in total. The van der Waals surface area contributed by atoms with Crippen LogP contribution < -0.4 is 5.73 Å². The Morgan fingerprint density at radius 3 is 2.52 bits per heavy atom. The van der Waals surface area contributed by atoms with E-state index in [0.29, 0.717) is 23.1 Å². The molecule has 0 fully saturated rings. The average molecular weight is 306 g/mol. The van der Waals surface area contributed by atoms with Crippen molar-refractivity contribution < 1.29 is 4.79 Å². The quantitative estimate of drug-likeness (QED) is 0.807. The number of aromatic nitrogens is 2. The zero-order chi connectivity index (χ0) is 16.4. The SMILES string of the molecule is Cc1ccc(CN(C)C(=O)c2nc(N)nc3ccccc23)cc1. The zero-order valence-electron chi connectivity index (χ0n) is 13.2. The maximum Gasteiger partial charge on any atom is 0.273 e. The smallest absolute Gasteiger partial charge is 0.273 e. The highest BCUT2D eigenvalue weighted by Crippen LogP contribution is 2.18. The molecule has 0 radical (unpaired) electrons. The Morgan fingerprint density at radius 1 is 1.09 bits per heavy atom. The van der Waals surface area contributed by atoms with Crippen LogP contribution in [0.2, 0.25) is 0 Å². The lowest BCUT2D eigenvalue weighted by Crippen LogP contribution is -2.27. The van der Waals surface area contributed by atoms with Crippen molar-refractivity contribution in [1.82, 2.24) is 14.9 Å². The van der Waals surface area contributed by atoms with Gasteiger partial charge >= 0.3 is 0 Å². The lowest BCUT2D eigenvalue weighted by atomic mass is 10.1. The number of hydrogen-bond acceptors (Lipinski definition) is 4. The molecule has 116 valence electrons. The Balaban J connectivity index is 1.92. The van der Waals surface area contributed by atoms with E-state index in [2.05, 4.69) is 9.97 Å². The molecule has 0 atom stereocenters. The number of para-hydroxylation sites is 1. The number of carbonyl (C=O) groups excluding carboxylic acids is 1. The van der Waals surface area contributed by atoms with E-state index in [1.54, 1.807) is 11.9 Å². The van der Waals surface area contributed by atoms with Crippen molar-refractivity contribution in [2.75, 3.05) is 12.8 Å². The van der Waals surface area contributed by atoms with E-state index in [4.69, 9.17) is 5.73 Å². The second-order valence-electron chi connectivity index (χ2n) is 5.59. The molecular formula is C18H18N4O. The number of fused-ring (bicyclic) bond motifs is 1. The highest BCUT2D eigenvalue weighted by Gasteiger charge is 2.18. The summed E-state index contributed by atoms with van der Waals surface area (Å²) < 4.78 is 0. The van der Waals surface area contributed by atoms with Gasteiger partial charge in [-0.2, -0.15) is 0 Å². The molecule has 0 saturated heterocycles. The molecule has 0 saturated carbocycles. The predicted octanol–water partition coefficient (Wildman–Crippen LogP) is 2.79. The summed E-state index contributed by atoms with van der Waals surface area (Å²) >= 11 is 0. The van der Waals surface area contributed by atoms with Crippen LogP contribution in [0.5, 0.6) is 0 Å². The van der Waals surface area contributed by atoms with Crippen LogP contribution in [-0.4, -0.2) is 27.8 Å². The molecule has 3 aromatic rings. The van der Waals surface area contributed by atoms with Gasteiger partial charge in [0, 0.05) is 19.0 Å². The molecule has 0 aliphatic rings. The molecule has 0 aliphatic heterocycles. The van der Waals surface area contributed by atoms with Crippen LogP contribution in [0, 0.1) is 6.92 Å². The summed E-state index contributed by atoms with van der Waals surface area (Å²) in [7, 11) is 1.76. The number of nitrogens with two attached hydrogens (primary N) is 1. The van der Waals surface area contributed by atoms with Crippen LogP contribution in [0.15, 0.2) is 48.5 Å². The second kappa shape index (κ2) is 6.04. The number of nitrogens with zero attached hydrogens (tertiary/aromatic N) is 3. The number of nitrogen functional groups attached to an aromatic ring is 1. The predicted molar refractivity (Wildman–Crippen MR) is 90.9 cm³/mol. The molecule has 1 aromatic heterocycles.